The minimum absolute atomic E-state index is 0.107. The van der Waals surface area contributed by atoms with Gasteiger partial charge in [0.2, 0.25) is 0 Å². The molecule has 0 radical (unpaired) electrons. The number of rotatable bonds is 5. The zero-order chi connectivity index (χ0) is 14.5. The number of amides is 2. The van der Waals surface area contributed by atoms with E-state index in [0.29, 0.717) is 5.92 Å². The Morgan fingerprint density at radius 2 is 2.11 bits per heavy atom. The van der Waals surface area contributed by atoms with Gasteiger partial charge in [-0.05, 0) is 26.4 Å². The molecule has 4 nitrogen and oxygen atoms in total. The SMILES string of the molecule is CN(C)C[C@H]1CCN(C(=O)NCCSC(C)(C)C)C1. The molecule has 0 unspecified atom stereocenters. The predicted octanol–water partition coefficient (Wildman–Crippen LogP) is 2.11. The molecule has 0 aromatic carbocycles. The number of nitrogens with one attached hydrogen (secondary N) is 1. The summed E-state index contributed by atoms with van der Waals surface area (Å²) in [5.74, 6) is 1.61. The molecule has 1 fully saturated rings. The van der Waals surface area contributed by atoms with Gasteiger partial charge in [0.1, 0.15) is 0 Å². The lowest BCUT2D eigenvalue weighted by molar-refractivity contribution is 0.206. The van der Waals surface area contributed by atoms with Gasteiger partial charge in [-0.15, -0.1) is 0 Å². The molecular weight excluding hydrogens is 258 g/mol. The van der Waals surface area contributed by atoms with E-state index in [0.717, 1.165) is 38.4 Å². The van der Waals surface area contributed by atoms with Crippen molar-refractivity contribution in [3.05, 3.63) is 0 Å². The average Bonchev–Trinajstić information content (AvgIpc) is 2.70. The van der Waals surface area contributed by atoms with Gasteiger partial charge in [0.15, 0.2) is 0 Å². The van der Waals surface area contributed by atoms with Crippen LogP contribution in [-0.4, -0.2) is 66.6 Å². The van der Waals surface area contributed by atoms with Crippen molar-refractivity contribution in [1.82, 2.24) is 15.1 Å². The first-order valence-electron chi connectivity index (χ1n) is 7.09. The fraction of sp³-hybridized carbons (Fsp3) is 0.929. The Balaban J connectivity index is 2.17. The summed E-state index contributed by atoms with van der Waals surface area (Å²) in [6, 6.07) is 0.107. The third-order valence-electron chi connectivity index (χ3n) is 3.11. The van der Waals surface area contributed by atoms with Crippen LogP contribution in [0.25, 0.3) is 0 Å². The van der Waals surface area contributed by atoms with Crippen molar-refractivity contribution in [2.75, 3.05) is 46.0 Å². The highest BCUT2D eigenvalue weighted by molar-refractivity contribution is 8.00. The maximum Gasteiger partial charge on any atom is 0.317 e. The summed E-state index contributed by atoms with van der Waals surface area (Å²) < 4.78 is 0.273. The first kappa shape index (κ1) is 16.6. The Labute approximate surface area is 122 Å². The highest BCUT2D eigenvalue weighted by Gasteiger charge is 2.26. The van der Waals surface area contributed by atoms with Gasteiger partial charge in [-0.2, -0.15) is 11.8 Å². The maximum atomic E-state index is 12.0. The Morgan fingerprint density at radius 3 is 2.68 bits per heavy atom. The molecule has 1 N–H and O–H groups in total. The molecule has 5 heteroatoms. The molecule has 19 heavy (non-hydrogen) atoms. The summed E-state index contributed by atoms with van der Waals surface area (Å²) in [6.07, 6.45) is 1.13. The Morgan fingerprint density at radius 1 is 1.42 bits per heavy atom. The van der Waals surface area contributed by atoms with Crippen molar-refractivity contribution < 1.29 is 4.79 Å². The third-order valence-corrected chi connectivity index (χ3v) is 4.38. The van der Waals surface area contributed by atoms with Crippen molar-refractivity contribution in [3.8, 4) is 0 Å². The molecule has 1 aliphatic rings. The van der Waals surface area contributed by atoms with Gasteiger partial charge in [-0.3, -0.25) is 0 Å². The number of thioether (sulfide) groups is 1. The maximum absolute atomic E-state index is 12.0. The van der Waals surface area contributed by atoms with Crippen molar-refractivity contribution >= 4 is 17.8 Å². The minimum atomic E-state index is 0.107. The fourth-order valence-electron chi connectivity index (χ4n) is 2.31. The molecule has 0 saturated carbocycles. The van der Waals surface area contributed by atoms with E-state index in [2.05, 4.69) is 45.1 Å². The standard InChI is InChI=1S/C14H29N3OS/c1-14(2,3)19-9-7-15-13(18)17-8-6-12(11-17)10-16(4)5/h12H,6-11H2,1-5H3,(H,15,18)/t12-/m1/s1. The first-order valence-corrected chi connectivity index (χ1v) is 8.08. The van der Waals surface area contributed by atoms with E-state index in [-0.39, 0.29) is 10.8 Å². The molecular formula is C14H29N3OS. The number of likely N-dealkylation sites (tertiary alicyclic amines) is 1. The number of hydrogen-bond acceptors (Lipinski definition) is 3. The number of nitrogens with zero attached hydrogens (tertiary/aromatic N) is 2. The smallest absolute Gasteiger partial charge is 0.317 e. The monoisotopic (exact) mass is 287 g/mol. The molecule has 0 aliphatic carbocycles. The zero-order valence-electron chi connectivity index (χ0n) is 13.0. The normalized spacial score (nSPS) is 20.1. The van der Waals surface area contributed by atoms with E-state index in [1.54, 1.807) is 0 Å². The van der Waals surface area contributed by atoms with Crippen molar-refractivity contribution in [1.29, 1.82) is 0 Å². The van der Waals surface area contributed by atoms with Gasteiger partial charge in [-0.25, -0.2) is 4.79 Å². The fourth-order valence-corrected chi connectivity index (χ4v) is 3.13. The summed E-state index contributed by atoms with van der Waals surface area (Å²) in [7, 11) is 4.18. The van der Waals surface area contributed by atoms with Crippen LogP contribution in [-0.2, 0) is 0 Å². The molecule has 0 aromatic rings. The van der Waals surface area contributed by atoms with Gasteiger partial charge in [0.25, 0.3) is 0 Å². The summed E-state index contributed by atoms with van der Waals surface area (Å²) >= 11 is 1.89. The average molecular weight is 287 g/mol. The lowest BCUT2D eigenvalue weighted by atomic mass is 10.1. The molecule has 112 valence electrons. The topological polar surface area (TPSA) is 35.6 Å². The molecule has 1 aliphatic heterocycles. The van der Waals surface area contributed by atoms with E-state index in [4.69, 9.17) is 0 Å². The minimum Gasteiger partial charge on any atom is -0.337 e. The second-order valence-corrected chi connectivity index (χ2v) is 8.48. The van der Waals surface area contributed by atoms with Crippen LogP contribution < -0.4 is 5.32 Å². The Bertz CT molecular complexity index is 289. The summed E-state index contributed by atoms with van der Waals surface area (Å²) in [4.78, 5) is 16.1. The lowest BCUT2D eigenvalue weighted by Gasteiger charge is -2.20. The van der Waals surface area contributed by atoms with E-state index in [9.17, 15) is 4.79 Å². The van der Waals surface area contributed by atoms with Gasteiger partial charge in [-0.1, -0.05) is 20.8 Å². The van der Waals surface area contributed by atoms with Crippen LogP contribution in [0.4, 0.5) is 4.79 Å². The predicted molar refractivity (Wildman–Crippen MR) is 83.8 cm³/mol. The van der Waals surface area contributed by atoms with Gasteiger partial charge < -0.3 is 15.1 Å². The highest BCUT2D eigenvalue weighted by atomic mass is 32.2. The third kappa shape index (κ3) is 7.06. The van der Waals surface area contributed by atoms with Crippen LogP contribution in [0.15, 0.2) is 0 Å². The van der Waals surface area contributed by atoms with Crippen molar-refractivity contribution in [2.24, 2.45) is 5.92 Å². The van der Waals surface area contributed by atoms with Crippen LogP contribution in [0.3, 0.4) is 0 Å². The number of carbonyl (C=O) groups excluding carboxylic acids is 1. The molecule has 1 heterocycles. The number of hydrogen-bond donors (Lipinski definition) is 1. The quantitative estimate of drug-likeness (QED) is 0.787. The Hall–Kier alpha value is -0.420. The molecule has 0 spiro atoms. The second kappa shape index (κ2) is 7.39. The molecule has 1 atom stereocenters. The van der Waals surface area contributed by atoms with Crippen LogP contribution in [0.5, 0.6) is 0 Å². The second-order valence-electron chi connectivity index (χ2n) is 6.56. The molecule has 0 aromatic heterocycles. The van der Waals surface area contributed by atoms with E-state index >= 15 is 0 Å². The van der Waals surface area contributed by atoms with Crippen molar-refractivity contribution in [2.45, 2.75) is 31.9 Å². The van der Waals surface area contributed by atoms with Gasteiger partial charge in [0, 0.05) is 36.7 Å². The lowest BCUT2D eigenvalue weighted by Crippen LogP contribution is -2.40. The van der Waals surface area contributed by atoms with Crippen LogP contribution in [0, 0.1) is 5.92 Å². The molecule has 1 rings (SSSR count). The largest absolute Gasteiger partial charge is 0.337 e. The van der Waals surface area contributed by atoms with Crippen LogP contribution in [0.1, 0.15) is 27.2 Å². The first-order chi connectivity index (χ1) is 8.78. The number of carbonyl (C=O) groups is 1. The summed E-state index contributed by atoms with van der Waals surface area (Å²) in [6.45, 7) is 10.2. The summed E-state index contributed by atoms with van der Waals surface area (Å²) in [5, 5.41) is 3.02. The van der Waals surface area contributed by atoms with Crippen LogP contribution >= 0.6 is 11.8 Å². The van der Waals surface area contributed by atoms with E-state index in [1.165, 1.54) is 0 Å². The Kier molecular flexibility index (Phi) is 6.47. The molecule has 2 amide bonds. The highest BCUT2D eigenvalue weighted by Crippen LogP contribution is 2.22. The van der Waals surface area contributed by atoms with Gasteiger partial charge in [0.05, 0.1) is 0 Å². The van der Waals surface area contributed by atoms with E-state index < -0.39 is 0 Å². The van der Waals surface area contributed by atoms with Crippen molar-refractivity contribution in [3.63, 3.8) is 0 Å². The zero-order valence-corrected chi connectivity index (χ0v) is 13.8. The molecule has 0 bridgehead atoms. The van der Waals surface area contributed by atoms with Gasteiger partial charge >= 0.3 is 6.03 Å². The summed E-state index contributed by atoms with van der Waals surface area (Å²) in [5.41, 5.74) is 0. The van der Waals surface area contributed by atoms with Crippen LogP contribution in [0.2, 0.25) is 0 Å². The number of urea groups is 1. The molecule has 1 saturated heterocycles. The van der Waals surface area contributed by atoms with E-state index in [1.807, 2.05) is 16.7 Å².